The maximum atomic E-state index is 8.93. The third-order valence-corrected chi connectivity index (χ3v) is 3.42. The Labute approximate surface area is 120 Å². The lowest BCUT2D eigenvalue weighted by Crippen LogP contribution is -1.93. The zero-order valence-electron chi connectivity index (χ0n) is 12.4. The molecule has 0 heterocycles. The van der Waals surface area contributed by atoms with Crippen LogP contribution in [0.5, 0.6) is 11.5 Å². The highest BCUT2D eigenvalue weighted by molar-refractivity contribution is 5.44. The molecule has 2 heteroatoms. The molecule has 0 aromatic heterocycles. The van der Waals surface area contributed by atoms with Crippen molar-refractivity contribution in [2.75, 3.05) is 0 Å². The van der Waals surface area contributed by atoms with Crippen LogP contribution in [0, 0.1) is 25.2 Å². The van der Waals surface area contributed by atoms with Crippen LogP contribution in [0.1, 0.15) is 42.0 Å². The molecule has 0 spiro atoms. The second kappa shape index (κ2) is 5.79. The summed E-state index contributed by atoms with van der Waals surface area (Å²) in [5.74, 6) is 2.11. The van der Waals surface area contributed by atoms with E-state index in [-0.39, 0.29) is 0 Å². The van der Waals surface area contributed by atoms with Gasteiger partial charge in [-0.3, -0.25) is 0 Å². The van der Waals surface area contributed by atoms with Crippen LogP contribution in [0.25, 0.3) is 0 Å². The molecule has 0 saturated carbocycles. The molecule has 0 N–H and O–H groups in total. The molecule has 2 nitrogen and oxygen atoms in total. The van der Waals surface area contributed by atoms with Crippen molar-refractivity contribution < 1.29 is 4.74 Å². The minimum Gasteiger partial charge on any atom is -0.457 e. The summed E-state index contributed by atoms with van der Waals surface area (Å²) in [6, 6.07) is 13.8. The highest BCUT2D eigenvalue weighted by atomic mass is 16.5. The molecule has 0 aliphatic heterocycles. The van der Waals surface area contributed by atoms with Gasteiger partial charge in [0.15, 0.2) is 0 Å². The summed E-state index contributed by atoms with van der Waals surface area (Å²) in [6.07, 6.45) is 0. The van der Waals surface area contributed by atoms with Gasteiger partial charge < -0.3 is 4.74 Å². The Balaban J connectivity index is 2.25. The predicted octanol–water partition coefficient (Wildman–Crippen LogP) is 5.09. The van der Waals surface area contributed by atoms with Gasteiger partial charge in [-0.25, -0.2) is 0 Å². The first-order chi connectivity index (χ1) is 9.51. The van der Waals surface area contributed by atoms with Gasteiger partial charge in [0, 0.05) is 0 Å². The van der Waals surface area contributed by atoms with Crippen LogP contribution in [0.3, 0.4) is 0 Å². The molecule has 2 aromatic rings. The SMILES string of the molecule is Cc1cc(Oc2ccc(C(C)C)c(C)c2)ccc1C#N. The van der Waals surface area contributed by atoms with Crippen molar-refractivity contribution in [1.29, 1.82) is 5.26 Å². The van der Waals surface area contributed by atoms with Crippen molar-refractivity contribution in [2.24, 2.45) is 0 Å². The Morgan fingerprint density at radius 2 is 1.55 bits per heavy atom. The zero-order valence-corrected chi connectivity index (χ0v) is 12.4. The quantitative estimate of drug-likeness (QED) is 0.774. The van der Waals surface area contributed by atoms with Gasteiger partial charge in [0.1, 0.15) is 11.5 Å². The molecule has 0 unspecified atom stereocenters. The van der Waals surface area contributed by atoms with Gasteiger partial charge in [-0.2, -0.15) is 5.26 Å². The zero-order chi connectivity index (χ0) is 14.7. The smallest absolute Gasteiger partial charge is 0.127 e. The average molecular weight is 265 g/mol. The van der Waals surface area contributed by atoms with E-state index in [9.17, 15) is 0 Å². The van der Waals surface area contributed by atoms with E-state index in [2.05, 4.69) is 39.0 Å². The molecule has 102 valence electrons. The number of rotatable bonds is 3. The maximum absolute atomic E-state index is 8.93. The fourth-order valence-corrected chi connectivity index (χ4v) is 2.32. The molecule has 0 amide bonds. The fourth-order valence-electron chi connectivity index (χ4n) is 2.32. The first-order valence-electron chi connectivity index (χ1n) is 6.80. The van der Waals surface area contributed by atoms with Crippen LogP contribution in [0.2, 0.25) is 0 Å². The maximum Gasteiger partial charge on any atom is 0.127 e. The fraction of sp³-hybridized carbons (Fsp3) is 0.278. The van der Waals surface area contributed by atoms with E-state index in [4.69, 9.17) is 10.00 Å². The standard InChI is InChI=1S/C18H19NO/c1-12(2)18-8-7-17(10-14(18)4)20-16-6-5-15(11-19)13(3)9-16/h5-10,12H,1-4H3. The minimum absolute atomic E-state index is 0.515. The number of nitrogens with zero attached hydrogens (tertiary/aromatic N) is 1. The van der Waals surface area contributed by atoms with Crippen LogP contribution in [0.15, 0.2) is 36.4 Å². The molecular formula is C18H19NO. The Morgan fingerprint density at radius 3 is 2.05 bits per heavy atom. The second-order valence-electron chi connectivity index (χ2n) is 5.36. The number of hydrogen-bond acceptors (Lipinski definition) is 2. The molecule has 0 aliphatic carbocycles. The van der Waals surface area contributed by atoms with E-state index in [1.54, 1.807) is 6.07 Å². The van der Waals surface area contributed by atoms with Crippen molar-refractivity contribution in [3.05, 3.63) is 58.7 Å². The minimum atomic E-state index is 0.515. The molecule has 2 rings (SSSR count). The van der Waals surface area contributed by atoms with Crippen molar-refractivity contribution in [3.8, 4) is 17.6 Å². The summed E-state index contributed by atoms with van der Waals surface area (Å²) in [6.45, 7) is 8.39. The molecule has 2 aromatic carbocycles. The summed E-state index contributed by atoms with van der Waals surface area (Å²) in [4.78, 5) is 0. The van der Waals surface area contributed by atoms with E-state index >= 15 is 0 Å². The van der Waals surface area contributed by atoms with Crippen molar-refractivity contribution in [2.45, 2.75) is 33.6 Å². The lowest BCUT2D eigenvalue weighted by molar-refractivity contribution is 0.481. The lowest BCUT2D eigenvalue weighted by Gasteiger charge is -2.12. The predicted molar refractivity (Wildman–Crippen MR) is 81.2 cm³/mol. The van der Waals surface area contributed by atoms with Crippen molar-refractivity contribution in [1.82, 2.24) is 0 Å². The van der Waals surface area contributed by atoms with Gasteiger partial charge in [-0.05, 0) is 66.8 Å². The van der Waals surface area contributed by atoms with Crippen molar-refractivity contribution >= 4 is 0 Å². The van der Waals surface area contributed by atoms with Crippen LogP contribution in [-0.2, 0) is 0 Å². The van der Waals surface area contributed by atoms with Crippen LogP contribution in [0.4, 0.5) is 0 Å². The molecule has 0 aliphatic rings. The normalized spacial score (nSPS) is 10.4. The summed E-state index contributed by atoms with van der Waals surface area (Å²) in [7, 11) is 0. The van der Waals surface area contributed by atoms with E-state index in [1.807, 2.05) is 25.1 Å². The Morgan fingerprint density at radius 1 is 0.950 bits per heavy atom. The summed E-state index contributed by atoms with van der Waals surface area (Å²) in [5.41, 5.74) is 4.19. The third kappa shape index (κ3) is 3.00. The van der Waals surface area contributed by atoms with Crippen molar-refractivity contribution in [3.63, 3.8) is 0 Å². The highest BCUT2D eigenvalue weighted by Crippen LogP contribution is 2.28. The third-order valence-electron chi connectivity index (χ3n) is 3.42. The van der Waals surface area contributed by atoms with Gasteiger partial charge in [0.05, 0.1) is 11.6 Å². The molecule has 0 bridgehead atoms. The molecule has 0 saturated heterocycles. The lowest BCUT2D eigenvalue weighted by atomic mass is 9.98. The van der Waals surface area contributed by atoms with E-state index in [0.717, 1.165) is 17.1 Å². The van der Waals surface area contributed by atoms with E-state index in [1.165, 1.54) is 11.1 Å². The van der Waals surface area contributed by atoms with Crippen LogP contribution < -0.4 is 4.74 Å². The molecule has 0 atom stereocenters. The number of nitriles is 1. The van der Waals surface area contributed by atoms with Crippen LogP contribution >= 0.6 is 0 Å². The Bertz CT molecular complexity index is 666. The summed E-state index contributed by atoms with van der Waals surface area (Å²) in [5, 5.41) is 8.93. The van der Waals surface area contributed by atoms with E-state index < -0.39 is 0 Å². The molecular weight excluding hydrogens is 246 g/mol. The number of aryl methyl sites for hydroxylation is 2. The van der Waals surface area contributed by atoms with Crippen LogP contribution in [-0.4, -0.2) is 0 Å². The summed E-state index contributed by atoms with van der Waals surface area (Å²) >= 11 is 0. The molecule has 0 radical (unpaired) electrons. The molecule has 20 heavy (non-hydrogen) atoms. The first kappa shape index (κ1) is 14.1. The van der Waals surface area contributed by atoms with Gasteiger partial charge in [0.2, 0.25) is 0 Å². The number of ether oxygens (including phenoxy) is 1. The number of hydrogen-bond donors (Lipinski definition) is 0. The Hall–Kier alpha value is -2.27. The first-order valence-corrected chi connectivity index (χ1v) is 6.80. The van der Waals surface area contributed by atoms with Gasteiger partial charge in [0.25, 0.3) is 0 Å². The monoisotopic (exact) mass is 265 g/mol. The topological polar surface area (TPSA) is 33.0 Å². The number of benzene rings is 2. The van der Waals surface area contributed by atoms with Gasteiger partial charge in [-0.1, -0.05) is 19.9 Å². The van der Waals surface area contributed by atoms with Gasteiger partial charge >= 0.3 is 0 Å². The molecule has 0 fully saturated rings. The van der Waals surface area contributed by atoms with Gasteiger partial charge in [-0.15, -0.1) is 0 Å². The van der Waals surface area contributed by atoms with E-state index in [0.29, 0.717) is 11.5 Å². The Kier molecular flexibility index (Phi) is 4.10. The highest BCUT2D eigenvalue weighted by Gasteiger charge is 2.06. The second-order valence-corrected chi connectivity index (χ2v) is 5.36. The average Bonchev–Trinajstić information content (AvgIpc) is 2.38. The largest absolute Gasteiger partial charge is 0.457 e. The summed E-state index contributed by atoms with van der Waals surface area (Å²) < 4.78 is 5.86.